The number of nitrogens with zero attached hydrogens (tertiary/aromatic N) is 1. The first-order valence-electron chi connectivity index (χ1n) is 13.2. The highest BCUT2D eigenvalue weighted by Gasteiger charge is 2.34. The number of carbonyl (C=O) groups is 4. The van der Waals surface area contributed by atoms with Crippen LogP contribution in [0.4, 0.5) is 0 Å². The lowest BCUT2D eigenvalue weighted by Gasteiger charge is -2.37. The quantitative estimate of drug-likeness (QED) is 0.239. The van der Waals surface area contributed by atoms with Crippen LogP contribution in [0.2, 0.25) is 0 Å². The second-order valence-electron chi connectivity index (χ2n) is 9.92. The summed E-state index contributed by atoms with van der Waals surface area (Å²) in [7, 11) is 0. The van der Waals surface area contributed by atoms with Gasteiger partial charge in [0.05, 0.1) is 28.3 Å². The highest BCUT2D eigenvalue weighted by molar-refractivity contribution is 6.10. The third-order valence-corrected chi connectivity index (χ3v) is 7.50. The van der Waals surface area contributed by atoms with E-state index in [4.69, 9.17) is 0 Å². The summed E-state index contributed by atoms with van der Waals surface area (Å²) in [4.78, 5) is 52.0. The Morgan fingerprint density at radius 2 is 1.24 bits per heavy atom. The number of carboxylic acid groups (broad SMARTS) is 3. The van der Waals surface area contributed by atoms with Gasteiger partial charge in [-0.1, -0.05) is 78.9 Å². The van der Waals surface area contributed by atoms with Gasteiger partial charge >= 0.3 is 17.9 Å². The Morgan fingerprint density at radius 1 is 0.683 bits per heavy atom. The van der Waals surface area contributed by atoms with Crippen molar-refractivity contribution in [2.75, 3.05) is 0 Å². The Labute approximate surface area is 236 Å². The zero-order chi connectivity index (χ0) is 29.1. The van der Waals surface area contributed by atoms with Gasteiger partial charge in [0.2, 0.25) is 0 Å². The molecule has 0 saturated carbocycles. The summed E-state index contributed by atoms with van der Waals surface area (Å²) in [6.45, 7) is 0.116. The van der Waals surface area contributed by atoms with Crippen LogP contribution in [0.25, 0.3) is 11.1 Å². The van der Waals surface area contributed by atoms with E-state index in [-0.39, 0.29) is 12.1 Å². The zero-order valence-electron chi connectivity index (χ0n) is 22.0. The minimum absolute atomic E-state index is 0.116. The number of hydrogen-bond acceptors (Lipinski definition) is 4. The molecule has 4 aromatic rings. The van der Waals surface area contributed by atoms with Crippen LogP contribution in [0.15, 0.2) is 91.0 Å². The molecule has 0 fully saturated rings. The summed E-state index contributed by atoms with van der Waals surface area (Å²) in [5.41, 5.74) is 2.42. The van der Waals surface area contributed by atoms with Crippen molar-refractivity contribution in [3.05, 3.63) is 130 Å². The molecular weight excluding hydrogens is 522 g/mol. The van der Waals surface area contributed by atoms with E-state index in [9.17, 15) is 34.5 Å². The molecule has 3 N–H and O–H groups in total. The van der Waals surface area contributed by atoms with E-state index in [1.165, 1.54) is 0 Å². The van der Waals surface area contributed by atoms with E-state index in [2.05, 4.69) is 0 Å². The monoisotopic (exact) mass is 549 g/mol. The Kier molecular flexibility index (Phi) is 7.65. The maximum absolute atomic E-state index is 14.4. The summed E-state index contributed by atoms with van der Waals surface area (Å²) >= 11 is 0. The van der Waals surface area contributed by atoms with Gasteiger partial charge in [-0.15, -0.1) is 0 Å². The van der Waals surface area contributed by atoms with Gasteiger partial charge in [-0.3, -0.25) is 4.79 Å². The number of fused-ring (bicyclic) bond motifs is 1. The lowest BCUT2D eigenvalue weighted by Crippen LogP contribution is -2.37. The van der Waals surface area contributed by atoms with Crippen molar-refractivity contribution in [2.24, 2.45) is 0 Å². The van der Waals surface area contributed by atoms with Gasteiger partial charge < -0.3 is 20.2 Å². The van der Waals surface area contributed by atoms with Gasteiger partial charge in [-0.2, -0.15) is 0 Å². The first-order valence-corrected chi connectivity index (χ1v) is 13.2. The Balaban J connectivity index is 1.69. The first kappa shape index (κ1) is 27.3. The van der Waals surface area contributed by atoms with Gasteiger partial charge in [0.25, 0.3) is 5.91 Å². The minimum atomic E-state index is -1.60. The van der Waals surface area contributed by atoms with E-state index in [1.54, 1.807) is 4.90 Å². The standard InChI is InChI=1S/C33H27NO7/c35-30(25-17-27(32(38)39)28(33(40)41)18-26(25)31(36)37)34(29-16-8-13-21-11-4-7-15-24(21)29)19-22-12-5-6-14-23(22)20-9-2-1-3-10-20/h1-7,9-12,14-15,17-18,29H,8,13,16,19H2,(H,36,37)(H,38,39)(H,40,41)/t29-/m0/s1. The number of aryl methyl sites for hydroxylation is 1. The summed E-state index contributed by atoms with van der Waals surface area (Å²) in [5, 5.41) is 29.3. The second-order valence-corrected chi connectivity index (χ2v) is 9.92. The van der Waals surface area contributed by atoms with Crippen LogP contribution in [0.5, 0.6) is 0 Å². The average Bonchev–Trinajstić information content (AvgIpc) is 2.99. The Morgan fingerprint density at radius 3 is 1.93 bits per heavy atom. The predicted octanol–water partition coefficient (Wildman–Crippen LogP) is 6.17. The van der Waals surface area contributed by atoms with Crippen molar-refractivity contribution in [3.8, 4) is 11.1 Å². The maximum Gasteiger partial charge on any atom is 0.336 e. The molecule has 0 heterocycles. The van der Waals surface area contributed by atoms with E-state index >= 15 is 0 Å². The molecule has 1 aliphatic carbocycles. The summed E-state index contributed by atoms with van der Waals surface area (Å²) in [6, 6.07) is 26.3. The molecule has 0 bridgehead atoms. The first-order chi connectivity index (χ1) is 19.8. The van der Waals surface area contributed by atoms with Gasteiger partial charge in [0.1, 0.15) is 0 Å². The fourth-order valence-corrected chi connectivity index (χ4v) is 5.58. The van der Waals surface area contributed by atoms with E-state index < -0.39 is 46.5 Å². The molecular formula is C33H27NO7. The number of carboxylic acids is 3. The minimum Gasteiger partial charge on any atom is -0.478 e. The summed E-state index contributed by atoms with van der Waals surface area (Å²) in [6.07, 6.45) is 2.26. The van der Waals surface area contributed by atoms with Crippen LogP contribution in [0.3, 0.4) is 0 Å². The molecule has 8 heteroatoms. The van der Waals surface area contributed by atoms with Crippen molar-refractivity contribution < 1.29 is 34.5 Å². The molecule has 5 rings (SSSR count). The van der Waals surface area contributed by atoms with Crippen molar-refractivity contribution in [1.29, 1.82) is 0 Å². The SMILES string of the molecule is O=C(O)c1cc(C(=O)O)c(C(=O)N(Cc2ccccc2-c2ccccc2)[C@H]2CCCc3ccccc32)cc1C(=O)O. The molecule has 1 atom stereocenters. The number of aromatic carboxylic acids is 3. The van der Waals surface area contributed by atoms with E-state index in [1.807, 2.05) is 78.9 Å². The molecule has 8 nitrogen and oxygen atoms in total. The number of rotatable bonds is 8. The maximum atomic E-state index is 14.4. The lowest BCUT2D eigenvalue weighted by atomic mass is 9.85. The number of amides is 1. The van der Waals surface area contributed by atoms with Crippen LogP contribution in [0.1, 0.15) is 77.0 Å². The second kappa shape index (κ2) is 11.5. The molecule has 206 valence electrons. The Bertz CT molecular complexity index is 1660. The topological polar surface area (TPSA) is 132 Å². The van der Waals surface area contributed by atoms with Gasteiger partial charge in [0, 0.05) is 6.54 Å². The van der Waals surface area contributed by atoms with Crippen molar-refractivity contribution in [2.45, 2.75) is 31.8 Å². The zero-order valence-corrected chi connectivity index (χ0v) is 22.0. The lowest BCUT2D eigenvalue weighted by molar-refractivity contribution is 0.0611. The van der Waals surface area contributed by atoms with Gasteiger partial charge in [-0.25, -0.2) is 14.4 Å². The molecule has 0 saturated heterocycles. The van der Waals surface area contributed by atoms with Crippen molar-refractivity contribution in [1.82, 2.24) is 4.90 Å². The average molecular weight is 550 g/mol. The summed E-state index contributed by atoms with van der Waals surface area (Å²) in [5.74, 6) is -5.39. The van der Waals surface area contributed by atoms with Crippen LogP contribution in [0, 0.1) is 0 Å². The smallest absolute Gasteiger partial charge is 0.336 e. The normalized spacial score (nSPS) is 14.1. The van der Waals surface area contributed by atoms with Gasteiger partial charge in [0.15, 0.2) is 0 Å². The molecule has 1 aliphatic rings. The highest BCUT2D eigenvalue weighted by atomic mass is 16.4. The highest BCUT2D eigenvalue weighted by Crippen LogP contribution is 2.38. The summed E-state index contributed by atoms with van der Waals surface area (Å²) < 4.78 is 0. The molecule has 0 unspecified atom stereocenters. The Hall–Kier alpha value is -5.24. The molecule has 0 aliphatic heterocycles. The fourth-order valence-electron chi connectivity index (χ4n) is 5.58. The predicted molar refractivity (Wildman–Crippen MR) is 151 cm³/mol. The number of carbonyl (C=O) groups excluding carboxylic acids is 1. The van der Waals surface area contributed by atoms with Crippen LogP contribution in [-0.4, -0.2) is 44.0 Å². The third-order valence-electron chi connectivity index (χ3n) is 7.50. The molecule has 0 radical (unpaired) electrons. The van der Waals surface area contributed by atoms with E-state index in [0.29, 0.717) is 6.42 Å². The van der Waals surface area contributed by atoms with Gasteiger partial charge in [-0.05, 0) is 59.2 Å². The molecule has 41 heavy (non-hydrogen) atoms. The van der Waals surface area contributed by atoms with Crippen molar-refractivity contribution >= 4 is 23.8 Å². The third kappa shape index (κ3) is 5.45. The number of hydrogen-bond donors (Lipinski definition) is 3. The molecule has 0 spiro atoms. The van der Waals surface area contributed by atoms with E-state index in [0.717, 1.165) is 52.8 Å². The van der Waals surface area contributed by atoms with Crippen LogP contribution >= 0.6 is 0 Å². The van der Waals surface area contributed by atoms with Crippen LogP contribution < -0.4 is 0 Å². The molecule has 0 aromatic heterocycles. The van der Waals surface area contributed by atoms with Crippen molar-refractivity contribution in [3.63, 3.8) is 0 Å². The largest absolute Gasteiger partial charge is 0.478 e. The fraction of sp³-hybridized carbons (Fsp3) is 0.152. The van der Waals surface area contributed by atoms with Crippen LogP contribution in [-0.2, 0) is 13.0 Å². The molecule has 1 amide bonds. The number of benzene rings is 4. The molecule has 4 aromatic carbocycles.